The van der Waals surface area contributed by atoms with Gasteiger partial charge in [0.05, 0.1) is 19.1 Å². The van der Waals surface area contributed by atoms with E-state index in [0.717, 1.165) is 41.0 Å². The molecule has 4 heteroatoms. The number of H-pyrrole nitrogens is 1. The zero-order chi connectivity index (χ0) is 13.2. The summed E-state index contributed by atoms with van der Waals surface area (Å²) in [5, 5.41) is 0. The van der Waals surface area contributed by atoms with Crippen LogP contribution in [0.2, 0.25) is 0 Å². The number of nitrogens with one attached hydrogen (secondary N) is 1. The largest absolute Gasteiger partial charge is 0.496 e. The molecule has 1 heterocycles. The summed E-state index contributed by atoms with van der Waals surface area (Å²) in [5.74, 6) is 0.868. The molecule has 0 saturated heterocycles. The third-order valence-corrected chi connectivity index (χ3v) is 3.38. The van der Waals surface area contributed by atoms with Gasteiger partial charge in [-0.3, -0.25) is 4.79 Å². The van der Waals surface area contributed by atoms with Crippen molar-refractivity contribution in [2.75, 3.05) is 7.11 Å². The van der Waals surface area contributed by atoms with Crippen LogP contribution < -0.4 is 4.74 Å². The summed E-state index contributed by atoms with van der Waals surface area (Å²) in [6.45, 7) is 0. The molecule has 1 N–H and O–H groups in total. The first-order valence-electron chi connectivity index (χ1n) is 6.19. The number of ether oxygens (including phenoxy) is 1. The first-order valence-corrected chi connectivity index (χ1v) is 6.19. The van der Waals surface area contributed by atoms with Crippen LogP contribution in [0.25, 0.3) is 6.08 Å². The minimum absolute atomic E-state index is 0.0724. The SMILES string of the molecule is COc1cccc2c1CCC(=Cc1c[nH]cn1)C2=O. The second-order valence-corrected chi connectivity index (χ2v) is 4.48. The van der Waals surface area contributed by atoms with Gasteiger partial charge in [-0.1, -0.05) is 12.1 Å². The summed E-state index contributed by atoms with van der Waals surface area (Å²) < 4.78 is 5.31. The number of ketones is 1. The van der Waals surface area contributed by atoms with E-state index >= 15 is 0 Å². The van der Waals surface area contributed by atoms with Gasteiger partial charge in [0.15, 0.2) is 5.78 Å². The van der Waals surface area contributed by atoms with Gasteiger partial charge in [-0.2, -0.15) is 0 Å². The third kappa shape index (κ3) is 2.05. The van der Waals surface area contributed by atoms with Crippen LogP contribution in [-0.2, 0) is 6.42 Å². The van der Waals surface area contributed by atoms with Crippen molar-refractivity contribution >= 4 is 11.9 Å². The number of benzene rings is 1. The molecule has 1 aliphatic rings. The van der Waals surface area contributed by atoms with Gasteiger partial charge in [0.1, 0.15) is 5.75 Å². The fraction of sp³-hybridized carbons (Fsp3) is 0.200. The van der Waals surface area contributed by atoms with Crippen LogP contribution in [0.1, 0.15) is 28.0 Å². The van der Waals surface area contributed by atoms with E-state index in [-0.39, 0.29) is 5.78 Å². The topological polar surface area (TPSA) is 55.0 Å². The second-order valence-electron chi connectivity index (χ2n) is 4.48. The molecule has 19 heavy (non-hydrogen) atoms. The van der Waals surface area contributed by atoms with Crippen molar-refractivity contribution in [3.63, 3.8) is 0 Å². The van der Waals surface area contributed by atoms with E-state index in [0.29, 0.717) is 0 Å². The lowest BCUT2D eigenvalue weighted by molar-refractivity contribution is 0.102. The number of hydrogen-bond donors (Lipinski definition) is 1. The zero-order valence-electron chi connectivity index (χ0n) is 10.6. The molecule has 1 aromatic heterocycles. The average Bonchev–Trinajstić information content (AvgIpc) is 2.94. The highest BCUT2D eigenvalue weighted by atomic mass is 16.5. The molecule has 96 valence electrons. The van der Waals surface area contributed by atoms with Crippen LogP contribution in [0, 0.1) is 0 Å². The van der Waals surface area contributed by atoms with Crippen molar-refractivity contribution in [1.29, 1.82) is 0 Å². The van der Waals surface area contributed by atoms with Crippen LogP contribution >= 0.6 is 0 Å². The predicted octanol–water partition coefficient (Wildman–Crippen LogP) is 2.63. The molecular formula is C15H14N2O2. The van der Waals surface area contributed by atoms with Crippen LogP contribution in [0.5, 0.6) is 5.75 Å². The van der Waals surface area contributed by atoms with E-state index in [1.54, 1.807) is 19.6 Å². The lowest BCUT2D eigenvalue weighted by atomic mass is 9.86. The number of carbonyl (C=O) groups is 1. The molecule has 3 rings (SSSR count). The minimum Gasteiger partial charge on any atom is -0.496 e. The van der Waals surface area contributed by atoms with E-state index in [4.69, 9.17) is 4.74 Å². The molecule has 4 nitrogen and oxygen atoms in total. The maximum atomic E-state index is 12.4. The molecule has 0 atom stereocenters. The lowest BCUT2D eigenvalue weighted by Gasteiger charge is -2.19. The molecule has 0 saturated carbocycles. The smallest absolute Gasteiger partial charge is 0.189 e. The number of aromatic amines is 1. The summed E-state index contributed by atoms with van der Waals surface area (Å²) in [6, 6.07) is 5.61. The molecule has 0 fully saturated rings. The Morgan fingerprint density at radius 3 is 3.00 bits per heavy atom. The van der Waals surface area contributed by atoms with Gasteiger partial charge < -0.3 is 9.72 Å². The number of carbonyl (C=O) groups excluding carboxylic acids is 1. The molecule has 2 aromatic rings. The normalized spacial score (nSPS) is 16.5. The number of allylic oxidation sites excluding steroid dienone is 1. The Morgan fingerprint density at radius 1 is 1.37 bits per heavy atom. The summed E-state index contributed by atoms with van der Waals surface area (Å²) in [5.41, 5.74) is 3.34. The molecular weight excluding hydrogens is 240 g/mol. The standard InChI is InChI=1S/C15H14N2O2/c1-19-14-4-2-3-13-12(14)6-5-10(15(13)18)7-11-8-16-9-17-11/h2-4,7-9H,5-6H2,1H3,(H,16,17). The molecule has 0 spiro atoms. The second kappa shape index (κ2) is 4.72. The number of Topliss-reactive ketones (excluding diaryl/α,β-unsaturated/α-hetero) is 1. The molecule has 0 amide bonds. The number of nitrogens with zero attached hydrogens (tertiary/aromatic N) is 1. The first-order chi connectivity index (χ1) is 9.29. The zero-order valence-corrected chi connectivity index (χ0v) is 10.6. The Balaban J connectivity index is 2.01. The van der Waals surface area contributed by atoms with Gasteiger partial charge in [0.2, 0.25) is 0 Å². The molecule has 0 bridgehead atoms. The maximum absolute atomic E-state index is 12.4. The summed E-state index contributed by atoms with van der Waals surface area (Å²) in [4.78, 5) is 19.5. The molecule has 1 aromatic carbocycles. The number of methoxy groups -OCH3 is 1. The van der Waals surface area contributed by atoms with E-state index in [1.165, 1.54) is 0 Å². The van der Waals surface area contributed by atoms with Crippen LogP contribution in [0.3, 0.4) is 0 Å². The highest BCUT2D eigenvalue weighted by molar-refractivity contribution is 6.13. The third-order valence-electron chi connectivity index (χ3n) is 3.38. The molecule has 0 aliphatic heterocycles. The van der Waals surface area contributed by atoms with Crippen molar-refractivity contribution in [1.82, 2.24) is 9.97 Å². The van der Waals surface area contributed by atoms with E-state index in [2.05, 4.69) is 9.97 Å². The Labute approximate surface area is 111 Å². The highest BCUT2D eigenvalue weighted by Gasteiger charge is 2.24. The van der Waals surface area contributed by atoms with Crippen LogP contribution in [0.15, 0.2) is 36.3 Å². The number of aromatic nitrogens is 2. The molecule has 0 radical (unpaired) electrons. The molecule has 0 unspecified atom stereocenters. The highest BCUT2D eigenvalue weighted by Crippen LogP contribution is 2.32. The van der Waals surface area contributed by atoms with Crippen molar-refractivity contribution in [3.05, 3.63) is 53.1 Å². The number of imidazole rings is 1. The average molecular weight is 254 g/mol. The van der Waals surface area contributed by atoms with Gasteiger partial charge in [0, 0.05) is 22.9 Å². The quantitative estimate of drug-likeness (QED) is 0.838. The van der Waals surface area contributed by atoms with Gasteiger partial charge in [-0.05, 0) is 25.0 Å². The van der Waals surface area contributed by atoms with Crippen LogP contribution in [-0.4, -0.2) is 22.9 Å². The number of hydrogen-bond acceptors (Lipinski definition) is 3. The minimum atomic E-state index is 0.0724. The van der Waals surface area contributed by atoms with Crippen LogP contribution in [0.4, 0.5) is 0 Å². The Bertz CT molecular complexity index is 642. The monoisotopic (exact) mass is 254 g/mol. The predicted molar refractivity (Wildman–Crippen MR) is 72.2 cm³/mol. The van der Waals surface area contributed by atoms with Crippen molar-refractivity contribution in [2.24, 2.45) is 0 Å². The van der Waals surface area contributed by atoms with E-state index < -0.39 is 0 Å². The summed E-state index contributed by atoms with van der Waals surface area (Å²) >= 11 is 0. The van der Waals surface area contributed by atoms with Gasteiger partial charge in [-0.15, -0.1) is 0 Å². The fourth-order valence-electron chi connectivity index (χ4n) is 2.44. The van der Waals surface area contributed by atoms with E-state index in [9.17, 15) is 4.79 Å². The van der Waals surface area contributed by atoms with Gasteiger partial charge in [-0.25, -0.2) is 4.98 Å². The Kier molecular flexibility index (Phi) is 2.91. The summed E-state index contributed by atoms with van der Waals surface area (Å²) in [6.07, 6.45) is 6.78. The lowest BCUT2D eigenvalue weighted by Crippen LogP contribution is -2.15. The number of rotatable bonds is 2. The Hall–Kier alpha value is -2.36. The first kappa shape index (κ1) is 11.7. The maximum Gasteiger partial charge on any atom is 0.189 e. The van der Waals surface area contributed by atoms with Crippen molar-refractivity contribution < 1.29 is 9.53 Å². The number of fused-ring (bicyclic) bond motifs is 1. The summed E-state index contributed by atoms with van der Waals surface area (Å²) in [7, 11) is 1.63. The van der Waals surface area contributed by atoms with Crippen molar-refractivity contribution in [3.8, 4) is 5.75 Å². The van der Waals surface area contributed by atoms with Crippen molar-refractivity contribution in [2.45, 2.75) is 12.8 Å². The Morgan fingerprint density at radius 2 is 2.26 bits per heavy atom. The van der Waals surface area contributed by atoms with Gasteiger partial charge in [0.25, 0.3) is 0 Å². The fourth-order valence-corrected chi connectivity index (χ4v) is 2.44. The molecule has 1 aliphatic carbocycles. The van der Waals surface area contributed by atoms with Gasteiger partial charge >= 0.3 is 0 Å². The van der Waals surface area contributed by atoms with E-state index in [1.807, 2.05) is 24.3 Å².